The first kappa shape index (κ1) is 7.23. The summed E-state index contributed by atoms with van der Waals surface area (Å²) < 4.78 is 0. The van der Waals surface area contributed by atoms with Crippen LogP contribution in [0.4, 0.5) is 0 Å². The molecule has 1 aromatic carbocycles. The third kappa shape index (κ3) is 1.59. The summed E-state index contributed by atoms with van der Waals surface area (Å²) in [5.74, 6) is 3.55. The van der Waals surface area contributed by atoms with Gasteiger partial charge in [-0.1, -0.05) is 24.3 Å². The summed E-state index contributed by atoms with van der Waals surface area (Å²) >= 11 is 1.93. The molecule has 0 N–H and O–H groups in total. The molecule has 1 aromatic rings. The van der Waals surface area contributed by atoms with Crippen molar-refractivity contribution in [1.29, 1.82) is 0 Å². The summed E-state index contributed by atoms with van der Waals surface area (Å²) in [6.45, 7) is 0. The molecule has 0 fully saturated rings. The second-order valence-electron chi connectivity index (χ2n) is 2.79. The lowest BCUT2D eigenvalue weighted by atomic mass is 10.1. The molecule has 1 aliphatic heterocycles. The minimum absolute atomic E-state index is 1.25. The Hall–Kier alpha value is -0.430. The Bertz CT molecular complexity index is 217. The zero-order valence-electron chi connectivity index (χ0n) is 6.42. The van der Waals surface area contributed by atoms with Crippen molar-refractivity contribution >= 4 is 11.8 Å². The lowest BCUT2D eigenvalue weighted by molar-refractivity contribution is 0.936. The van der Waals surface area contributed by atoms with Gasteiger partial charge in [-0.3, -0.25) is 0 Å². The van der Waals surface area contributed by atoms with E-state index in [0.717, 1.165) is 0 Å². The maximum Gasteiger partial charge on any atom is 0.0459 e. The number of aryl methyl sites for hydroxylation is 1. The molecular weight excluding hydrogens is 152 g/mol. The summed E-state index contributed by atoms with van der Waals surface area (Å²) in [4.78, 5) is 0. The normalized spacial score (nSPS) is 17.1. The summed E-state index contributed by atoms with van der Waals surface area (Å²) in [7, 11) is 0. The van der Waals surface area contributed by atoms with Gasteiger partial charge in [0.1, 0.15) is 0 Å². The average molecular weight is 163 g/mol. The van der Waals surface area contributed by atoms with Crippen LogP contribution in [0.1, 0.15) is 17.5 Å². The Morgan fingerprint density at radius 1 is 1.18 bits per heavy atom. The number of benzene rings is 1. The average Bonchev–Trinajstić information content (AvgIpc) is 2.28. The monoisotopic (exact) mass is 163 g/mol. The van der Waals surface area contributed by atoms with Crippen LogP contribution in [0, 0.1) is 5.75 Å². The van der Waals surface area contributed by atoms with Gasteiger partial charge in [-0.25, -0.2) is 0 Å². The predicted molar refractivity (Wildman–Crippen MR) is 50.6 cm³/mol. The first-order chi connectivity index (χ1) is 5.47. The van der Waals surface area contributed by atoms with Gasteiger partial charge in [0, 0.05) is 5.75 Å². The molecule has 0 aliphatic carbocycles. The molecule has 11 heavy (non-hydrogen) atoms. The first-order valence-corrected chi connectivity index (χ1v) is 5.04. The maximum atomic E-state index is 2.28. The second kappa shape index (κ2) is 3.31. The molecule has 1 aliphatic rings. The maximum absolute atomic E-state index is 2.28. The van der Waals surface area contributed by atoms with E-state index < -0.39 is 0 Å². The standard InChI is InChI=1S/C10H11S/c1-2-5-10-8-11-7-3-6-9(10)4-1/h1-2,4-5,8H,3,6-7H2. The molecule has 0 atom stereocenters. The smallest absolute Gasteiger partial charge is 0.0459 e. The third-order valence-electron chi connectivity index (χ3n) is 1.97. The molecule has 0 unspecified atom stereocenters. The molecule has 1 radical (unpaired) electrons. The minimum atomic E-state index is 1.25. The van der Waals surface area contributed by atoms with Gasteiger partial charge in [-0.05, 0) is 29.7 Å². The fourth-order valence-electron chi connectivity index (χ4n) is 1.37. The van der Waals surface area contributed by atoms with Crippen LogP contribution in [0.2, 0.25) is 0 Å². The number of rotatable bonds is 0. The van der Waals surface area contributed by atoms with Crippen LogP contribution in [0.15, 0.2) is 24.3 Å². The van der Waals surface area contributed by atoms with Crippen molar-refractivity contribution in [2.75, 3.05) is 5.75 Å². The summed E-state index contributed by atoms with van der Waals surface area (Å²) in [6, 6.07) is 8.68. The van der Waals surface area contributed by atoms with E-state index in [1.165, 1.54) is 29.7 Å². The predicted octanol–water partition coefficient (Wildman–Crippen LogP) is 2.88. The van der Waals surface area contributed by atoms with Crippen LogP contribution in [0.5, 0.6) is 0 Å². The lowest BCUT2D eigenvalue weighted by Gasteiger charge is -2.01. The van der Waals surface area contributed by atoms with Gasteiger partial charge in [0.05, 0.1) is 0 Å². The van der Waals surface area contributed by atoms with Crippen LogP contribution < -0.4 is 0 Å². The summed E-state index contributed by atoms with van der Waals surface area (Å²) in [5, 5.41) is 0. The highest BCUT2D eigenvalue weighted by molar-refractivity contribution is 8.01. The Morgan fingerprint density at radius 2 is 2.09 bits per heavy atom. The van der Waals surface area contributed by atoms with Crippen molar-refractivity contribution in [3.8, 4) is 0 Å². The Morgan fingerprint density at radius 3 is 3.09 bits per heavy atom. The topological polar surface area (TPSA) is 0 Å². The van der Waals surface area contributed by atoms with E-state index in [2.05, 4.69) is 30.0 Å². The van der Waals surface area contributed by atoms with Gasteiger partial charge in [0.2, 0.25) is 0 Å². The molecule has 1 heterocycles. The van der Waals surface area contributed by atoms with E-state index in [1.54, 1.807) is 0 Å². The van der Waals surface area contributed by atoms with Crippen LogP contribution in [0.3, 0.4) is 0 Å². The number of fused-ring (bicyclic) bond motifs is 1. The molecule has 0 amide bonds. The zero-order chi connectivity index (χ0) is 7.52. The van der Waals surface area contributed by atoms with Crippen molar-refractivity contribution in [2.24, 2.45) is 0 Å². The molecule has 1 heteroatoms. The van der Waals surface area contributed by atoms with Crippen LogP contribution in [-0.4, -0.2) is 5.75 Å². The lowest BCUT2D eigenvalue weighted by Crippen LogP contribution is -1.86. The largest absolute Gasteiger partial charge is 0.152 e. The van der Waals surface area contributed by atoms with Crippen molar-refractivity contribution in [1.82, 2.24) is 0 Å². The molecule has 57 valence electrons. The fraction of sp³-hybridized carbons (Fsp3) is 0.300. The quantitative estimate of drug-likeness (QED) is 0.566. The Labute approximate surface area is 72.0 Å². The molecule has 0 nitrogen and oxygen atoms in total. The van der Waals surface area contributed by atoms with Crippen molar-refractivity contribution in [3.63, 3.8) is 0 Å². The second-order valence-corrected chi connectivity index (χ2v) is 3.77. The molecule has 2 rings (SSSR count). The van der Waals surface area contributed by atoms with Gasteiger partial charge in [-0.2, -0.15) is 11.8 Å². The zero-order valence-corrected chi connectivity index (χ0v) is 7.23. The third-order valence-corrected chi connectivity index (χ3v) is 2.92. The van der Waals surface area contributed by atoms with E-state index >= 15 is 0 Å². The van der Waals surface area contributed by atoms with E-state index in [0.29, 0.717) is 0 Å². The van der Waals surface area contributed by atoms with Gasteiger partial charge >= 0.3 is 0 Å². The number of hydrogen-bond acceptors (Lipinski definition) is 1. The highest BCUT2D eigenvalue weighted by atomic mass is 32.2. The van der Waals surface area contributed by atoms with E-state index in [1.807, 2.05) is 11.8 Å². The SMILES string of the molecule is [CH]1SCCCc2ccccc21. The molecule has 0 bridgehead atoms. The van der Waals surface area contributed by atoms with Gasteiger partial charge in [0.25, 0.3) is 0 Å². The van der Waals surface area contributed by atoms with Gasteiger partial charge in [0.15, 0.2) is 0 Å². The van der Waals surface area contributed by atoms with Crippen LogP contribution >= 0.6 is 11.8 Å². The number of hydrogen-bond donors (Lipinski definition) is 0. The molecule has 0 aromatic heterocycles. The minimum Gasteiger partial charge on any atom is -0.152 e. The van der Waals surface area contributed by atoms with Crippen molar-refractivity contribution in [3.05, 3.63) is 41.1 Å². The summed E-state index contributed by atoms with van der Waals surface area (Å²) in [5.41, 5.74) is 2.94. The van der Waals surface area contributed by atoms with Crippen LogP contribution in [0.25, 0.3) is 0 Å². The fourth-order valence-corrected chi connectivity index (χ4v) is 2.21. The summed E-state index contributed by atoms with van der Waals surface area (Å²) in [6.07, 6.45) is 2.57. The van der Waals surface area contributed by atoms with E-state index in [-0.39, 0.29) is 0 Å². The van der Waals surface area contributed by atoms with E-state index in [4.69, 9.17) is 0 Å². The molecule has 0 saturated carbocycles. The van der Waals surface area contributed by atoms with Crippen molar-refractivity contribution < 1.29 is 0 Å². The van der Waals surface area contributed by atoms with Gasteiger partial charge < -0.3 is 0 Å². The molecule has 0 saturated heterocycles. The van der Waals surface area contributed by atoms with Crippen LogP contribution in [-0.2, 0) is 6.42 Å². The first-order valence-electron chi connectivity index (χ1n) is 3.99. The van der Waals surface area contributed by atoms with Crippen molar-refractivity contribution in [2.45, 2.75) is 12.8 Å². The Kier molecular flexibility index (Phi) is 2.18. The van der Waals surface area contributed by atoms with Gasteiger partial charge in [-0.15, -0.1) is 0 Å². The number of thioether (sulfide) groups is 1. The highest BCUT2D eigenvalue weighted by Crippen LogP contribution is 2.24. The highest BCUT2D eigenvalue weighted by Gasteiger charge is 2.05. The molecule has 0 spiro atoms. The molecular formula is C10H11S. The Balaban J connectivity index is 2.33. The van der Waals surface area contributed by atoms with E-state index in [9.17, 15) is 0 Å².